The van der Waals surface area contributed by atoms with E-state index in [9.17, 15) is 24.9 Å². The van der Waals surface area contributed by atoms with E-state index < -0.39 is 49.0 Å². The van der Waals surface area contributed by atoms with Gasteiger partial charge in [-0.1, -0.05) is 11.8 Å². The molecule has 2 aromatic rings. The van der Waals surface area contributed by atoms with Gasteiger partial charge in [0.05, 0.1) is 13.2 Å². The summed E-state index contributed by atoms with van der Waals surface area (Å²) in [7, 11) is 0. The lowest BCUT2D eigenvalue weighted by Gasteiger charge is -2.15. The molecule has 0 saturated carbocycles. The molecule has 0 spiro atoms. The Hall–Kier alpha value is -2.69. The van der Waals surface area contributed by atoms with Crippen LogP contribution in [0.1, 0.15) is 6.23 Å². The number of imidazole rings is 1. The number of aliphatic hydroxyl groups is 4. The smallest absolute Gasteiger partial charge is 0.333 e. The summed E-state index contributed by atoms with van der Waals surface area (Å²) in [6, 6.07) is 0. The second kappa shape index (κ2) is 6.90. The van der Waals surface area contributed by atoms with Crippen LogP contribution in [0.3, 0.4) is 0 Å². The summed E-state index contributed by atoms with van der Waals surface area (Å²) in [4.78, 5) is 31.3. The summed E-state index contributed by atoms with van der Waals surface area (Å²) in [6.45, 7) is -1.24. The number of H-pyrrole nitrogens is 1. The topological polar surface area (TPSA) is 189 Å². The fourth-order valence-electron chi connectivity index (χ4n) is 2.86. The molecular weight excluding hydrogens is 350 g/mol. The van der Waals surface area contributed by atoms with Crippen molar-refractivity contribution in [2.24, 2.45) is 0 Å². The number of nitrogen functional groups attached to an aromatic ring is 1. The highest BCUT2D eigenvalue weighted by Crippen LogP contribution is 2.30. The molecule has 4 atom stereocenters. The normalized spacial score (nSPS) is 25.4. The molecule has 0 radical (unpaired) electrons. The summed E-state index contributed by atoms with van der Waals surface area (Å²) < 4.78 is 7.22. The van der Waals surface area contributed by atoms with Crippen LogP contribution in [0, 0.1) is 11.8 Å². The van der Waals surface area contributed by atoms with E-state index >= 15 is 0 Å². The third kappa shape index (κ3) is 2.77. The number of hydrogen-bond acceptors (Lipinski definition) is 9. The summed E-state index contributed by atoms with van der Waals surface area (Å²) >= 11 is 0. The zero-order chi connectivity index (χ0) is 19.0. The minimum atomic E-state index is -1.55. The van der Waals surface area contributed by atoms with Crippen molar-refractivity contribution in [2.45, 2.75) is 31.1 Å². The van der Waals surface area contributed by atoms with Gasteiger partial charge in [0.15, 0.2) is 17.4 Å². The van der Waals surface area contributed by atoms with E-state index in [2.05, 4.69) is 21.8 Å². The van der Waals surface area contributed by atoms with Gasteiger partial charge in [-0.25, -0.2) is 9.36 Å². The number of ether oxygens (including phenoxy) is 1. The van der Waals surface area contributed by atoms with Gasteiger partial charge in [0.1, 0.15) is 24.9 Å². The third-order valence-corrected chi connectivity index (χ3v) is 4.04. The number of fused-ring (bicyclic) bond motifs is 1. The maximum Gasteiger partial charge on any atom is 0.333 e. The highest BCUT2D eigenvalue weighted by atomic mass is 16.6. The van der Waals surface area contributed by atoms with E-state index in [1.165, 1.54) is 0 Å². The number of aromatic nitrogens is 4. The Balaban J connectivity index is 2.24. The standard InChI is InChI=1S/C14H17N5O7/c15-13-16-10-7(11(24)17-13)18(3-1-2-4-20)14(25)19(10)12-9(23)8(22)6(5-21)26-12/h6,8-9,12,20-23H,3-5H2,(H3,15,16,17,24)/t6-,8+,9-,12-/m1/s1. The molecule has 0 unspecified atom stereocenters. The van der Waals surface area contributed by atoms with Gasteiger partial charge in [0.25, 0.3) is 5.56 Å². The summed E-state index contributed by atoms with van der Waals surface area (Å²) in [5.41, 5.74) is 3.72. The number of aromatic amines is 1. The maximum absolute atomic E-state index is 12.8. The maximum atomic E-state index is 12.8. The van der Waals surface area contributed by atoms with Crippen LogP contribution < -0.4 is 17.0 Å². The van der Waals surface area contributed by atoms with E-state index in [0.29, 0.717) is 0 Å². The lowest BCUT2D eigenvalue weighted by Crippen LogP contribution is -2.36. The lowest BCUT2D eigenvalue weighted by atomic mass is 10.1. The van der Waals surface area contributed by atoms with Gasteiger partial charge in [-0.05, 0) is 0 Å². The molecular formula is C14H17N5O7. The molecule has 0 aromatic carbocycles. The molecule has 0 aliphatic carbocycles. The molecule has 3 rings (SSSR count). The summed E-state index contributed by atoms with van der Waals surface area (Å²) in [5, 5.41) is 38.1. The van der Waals surface area contributed by atoms with Crippen LogP contribution in [-0.2, 0) is 11.3 Å². The molecule has 1 saturated heterocycles. The molecule has 26 heavy (non-hydrogen) atoms. The van der Waals surface area contributed by atoms with Crippen LogP contribution in [-0.4, -0.2) is 71.1 Å². The molecule has 1 aliphatic rings. The second-order valence-corrected chi connectivity index (χ2v) is 5.60. The molecule has 12 nitrogen and oxygen atoms in total. The quantitative estimate of drug-likeness (QED) is 0.294. The average molecular weight is 367 g/mol. The van der Waals surface area contributed by atoms with E-state index in [1.54, 1.807) is 0 Å². The van der Waals surface area contributed by atoms with Crippen molar-refractivity contribution in [1.82, 2.24) is 19.1 Å². The Bertz CT molecular complexity index is 997. The van der Waals surface area contributed by atoms with Crippen molar-refractivity contribution in [1.29, 1.82) is 0 Å². The third-order valence-electron chi connectivity index (χ3n) is 4.04. The highest BCUT2D eigenvalue weighted by Gasteiger charge is 2.45. The van der Waals surface area contributed by atoms with Gasteiger partial charge in [0.2, 0.25) is 5.95 Å². The number of nitrogens with two attached hydrogens (primary N) is 1. The second-order valence-electron chi connectivity index (χ2n) is 5.60. The fourth-order valence-corrected chi connectivity index (χ4v) is 2.86. The van der Waals surface area contributed by atoms with Crippen molar-refractivity contribution in [2.75, 3.05) is 18.9 Å². The summed E-state index contributed by atoms with van der Waals surface area (Å²) in [5.74, 6) is 4.61. The lowest BCUT2D eigenvalue weighted by molar-refractivity contribution is -0.0527. The molecule has 1 fully saturated rings. The van der Waals surface area contributed by atoms with Crippen molar-refractivity contribution < 1.29 is 25.2 Å². The number of aliphatic hydroxyl groups excluding tert-OH is 4. The Kier molecular flexibility index (Phi) is 4.81. The average Bonchev–Trinajstić information content (AvgIpc) is 3.03. The first-order chi connectivity index (χ1) is 12.4. The first kappa shape index (κ1) is 18.1. The molecule has 0 bridgehead atoms. The van der Waals surface area contributed by atoms with E-state index in [0.717, 1.165) is 9.13 Å². The monoisotopic (exact) mass is 367 g/mol. The van der Waals surface area contributed by atoms with Crippen LogP contribution in [0.2, 0.25) is 0 Å². The number of hydrogen-bond donors (Lipinski definition) is 6. The van der Waals surface area contributed by atoms with Crippen molar-refractivity contribution in [3.05, 3.63) is 20.8 Å². The highest BCUT2D eigenvalue weighted by molar-refractivity contribution is 5.72. The molecule has 12 heteroatoms. The largest absolute Gasteiger partial charge is 0.394 e. The predicted octanol–water partition coefficient (Wildman–Crippen LogP) is -3.92. The first-order valence-corrected chi connectivity index (χ1v) is 7.60. The molecule has 140 valence electrons. The Morgan fingerprint density at radius 2 is 1.96 bits per heavy atom. The van der Waals surface area contributed by atoms with Gasteiger partial charge < -0.3 is 30.9 Å². The molecule has 1 aliphatic heterocycles. The number of anilines is 1. The van der Waals surface area contributed by atoms with Crippen molar-refractivity contribution >= 4 is 17.1 Å². The van der Waals surface area contributed by atoms with Crippen LogP contribution in [0.15, 0.2) is 9.59 Å². The van der Waals surface area contributed by atoms with Crippen LogP contribution in [0.5, 0.6) is 0 Å². The van der Waals surface area contributed by atoms with E-state index in [1.807, 2.05) is 0 Å². The summed E-state index contributed by atoms with van der Waals surface area (Å²) in [6.07, 6.45) is -5.50. The zero-order valence-corrected chi connectivity index (χ0v) is 13.4. The molecule has 7 N–H and O–H groups in total. The van der Waals surface area contributed by atoms with Crippen LogP contribution in [0.4, 0.5) is 5.95 Å². The van der Waals surface area contributed by atoms with E-state index in [-0.39, 0.29) is 23.7 Å². The number of nitrogens with one attached hydrogen (secondary N) is 1. The molecule has 3 heterocycles. The first-order valence-electron chi connectivity index (χ1n) is 7.60. The number of rotatable bonds is 3. The van der Waals surface area contributed by atoms with Gasteiger partial charge in [-0.15, -0.1) is 0 Å². The van der Waals surface area contributed by atoms with Gasteiger partial charge in [-0.2, -0.15) is 4.98 Å². The fraction of sp³-hybridized carbons (Fsp3) is 0.500. The van der Waals surface area contributed by atoms with Crippen LogP contribution in [0.25, 0.3) is 11.2 Å². The predicted molar refractivity (Wildman–Crippen MR) is 86.9 cm³/mol. The minimum absolute atomic E-state index is 0.158. The van der Waals surface area contributed by atoms with Crippen molar-refractivity contribution in [3.8, 4) is 11.8 Å². The zero-order valence-electron chi connectivity index (χ0n) is 13.4. The Morgan fingerprint density at radius 1 is 1.23 bits per heavy atom. The minimum Gasteiger partial charge on any atom is -0.394 e. The van der Waals surface area contributed by atoms with Gasteiger partial charge in [-0.3, -0.25) is 14.3 Å². The Morgan fingerprint density at radius 3 is 2.58 bits per heavy atom. The SMILES string of the molecule is Nc1nc2c(c(=O)[nH]1)n(CC#CCO)c(=O)n2[C@@H]1O[C@H](CO)[C@H](O)[C@H]1O. The number of nitrogens with zero attached hydrogens (tertiary/aromatic N) is 3. The van der Waals surface area contributed by atoms with Crippen LogP contribution >= 0.6 is 0 Å². The Labute approximate surface area is 145 Å². The van der Waals surface area contributed by atoms with Gasteiger partial charge in [0, 0.05) is 0 Å². The van der Waals surface area contributed by atoms with E-state index in [4.69, 9.17) is 15.6 Å². The van der Waals surface area contributed by atoms with Gasteiger partial charge >= 0.3 is 5.69 Å². The molecule has 0 amide bonds. The molecule has 2 aromatic heterocycles. The van der Waals surface area contributed by atoms with Crippen molar-refractivity contribution in [3.63, 3.8) is 0 Å².